The van der Waals surface area contributed by atoms with Gasteiger partial charge in [0.25, 0.3) is 0 Å². The van der Waals surface area contributed by atoms with Crippen molar-refractivity contribution < 1.29 is 0 Å². The first-order chi connectivity index (χ1) is 10.8. The molecular formula is C17H16N4S. The molecule has 0 aliphatic carbocycles. The quantitative estimate of drug-likeness (QED) is 0.782. The molecule has 1 aliphatic rings. The van der Waals surface area contributed by atoms with Gasteiger partial charge in [0.1, 0.15) is 17.8 Å². The van der Waals surface area contributed by atoms with Crippen LogP contribution in [-0.2, 0) is 0 Å². The molecule has 22 heavy (non-hydrogen) atoms. The second-order valence-corrected chi connectivity index (χ2v) is 6.43. The van der Waals surface area contributed by atoms with Crippen LogP contribution in [0.1, 0.15) is 11.1 Å². The molecule has 0 spiro atoms. The van der Waals surface area contributed by atoms with E-state index < -0.39 is 0 Å². The number of aryl methyl sites for hydroxylation is 1. The molecule has 0 saturated carbocycles. The molecule has 4 nitrogen and oxygen atoms in total. The number of hydrogen-bond acceptors (Lipinski definition) is 4. The minimum absolute atomic E-state index is 0.899. The summed E-state index contributed by atoms with van der Waals surface area (Å²) < 4.78 is 0. The van der Waals surface area contributed by atoms with Crippen LogP contribution >= 0.6 is 11.8 Å². The highest BCUT2D eigenvalue weighted by Crippen LogP contribution is 2.35. The van der Waals surface area contributed by atoms with Gasteiger partial charge in [-0.15, -0.1) is 11.8 Å². The summed E-state index contributed by atoms with van der Waals surface area (Å²) in [5.74, 6) is 2.04. The van der Waals surface area contributed by atoms with E-state index in [1.807, 2.05) is 24.0 Å². The number of rotatable bonds is 2. The summed E-state index contributed by atoms with van der Waals surface area (Å²) in [5.41, 5.74) is 3.34. The Labute approximate surface area is 133 Å². The first-order valence-corrected chi connectivity index (χ1v) is 8.27. The van der Waals surface area contributed by atoms with Crippen LogP contribution in [0.15, 0.2) is 49.1 Å². The van der Waals surface area contributed by atoms with Crippen LogP contribution in [0.25, 0.3) is 15.9 Å². The van der Waals surface area contributed by atoms with E-state index in [4.69, 9.17) is 0 Å². The Morgan fingerprint density at radius 3 is 2.91 bits per heavy atom. The normalized spacial score (nSPS) is 15.1. The van der Waals surface area contributed by atoms with Crippen LogP contribution in [-0.4, -0.2) is 27.2 Å². The lowest BCUT2D eigenvalue weighted by Gasteiger charge is -2.26. The minimum atomic E-state index is 0.899. The number of aromatic amines is 1. The third-order valence-electron chi connectivity index (χ3n) is 3.84. The smallest absolute Gasteiger partial charge is 0.145 e. The molecule has 1 aromatic carbocycles. The summed E-state index contributed by atoms with van der Waals surface area (Å²) in [4.78, 5) is 15.6. The van der Waals surface area contributed by atoms with Crippen LogP contribution in [0, 0.1) is 6.92 Å². The minimum Gasteiger partial charge on any atom is -0.346 e. The number of nitrogens with one attached hydrogen (secondary N) is 1. The average Bonchev–Trinajstić information content (AvgIpc) is 2.97. The van der Waals surface area contributed by atoms with Crippen LogP contribution < -0.4 is 4.90 Å². The van der Waals surface area contributed by atoms with Gasteiger partial charge in [0.15, 0.2) is 0 Å². The fourth-order valence-electron chi connectivity index (χ4n) is 2.74. The van der Waals surface area contributed by atoms with Crippen LogP contribution in [0.5, 0.6) is 0 Å². The molecule has 1 N–H and O–H groups in total. The van der Waals surface area contributed by atoms with Gasteiger partial charge < -0.3 is 9.88 Å². The number of nitrogens with zero attached hydrogens (tertiary/aromatic N) is 3. The second kappa shape index (κ2) is 5.50. The molecular weight excluding hydrogens is 292 g/mol. The Morgan fingerprint density at radius 2 is 2.05 bits per heavy atom. The second-order valence-electron chi connectivity index (χ2n) is 5.29. The zero-order valence-electron chi connectivity index (χ0n) is 12.3. The zero-order valence-corrected chi connectivity index (χ0v) is 13.1. The highest BCUT2D eigenvalue weighted by Gasteiger charge is 2.18. The Kier molecular flexibility index (Phi) is 3.35. The molecule has 3 aromatic rings. The van der Waals surface area contributed by atoms with E-state index in [-0.39, 0.29) is 0 Å². The molecule has 5 heteroatoms. The van der Waals surface area contributed by atoms with Gasteiger partial charge >= 0.3 is 0 Å². The third-order valence-corrected chi connectivity index (χ3v) is 4.88. The first kappa shape index (κ1) is 13.4. The lowest BCUT2D eigenvalue weighted by Crippen LogP contribution is -2.24. The Hall–Kier alpha value is -2.27. The van der Waals surface area contributed by atoms with Crippen LogP contribution in [0.4, 0.5) is 5.82 Å². The molecule has 3 heterocycles. The van der Waals surface area contributed by atoms with Crippen molar-refractivity contribution in [3.63, 3.8) is 0 Å². The number of anilines is 1. The summed E-state index contributed by atoms with van der Waals surface area (Å²) in [6.45, 7) is 3.05. The molecule has 1 aliphatic heterocycles. The van der Waals surface area contributed by atoms with Gasteiger partial charge in [-0.3, -0.25) is 0 Å². The number of thioether (sulfide) groups is 1. The van der Waals surface area contributed by atoms with Crippen molar-refractivity contribution in [3.8, 4) is 0 Å². The lowest BCUT2D eigenvalue weighted by molar-refractivity contribution is 0.987. The number of aromatic nitrogens is 3. The Balaban J connectivity index is 1.80. The molecule has 0 fully saturated rings. The van der Waals surface area contributed by atoms with E-state index in [1.165, 1.54) is 16.0 Å². The van der Waals surface area contributed by atoms with Crippen molar-refractivity contribution in [2.75, 3.05) is 17.2 Å². The van der Waals surface area contributed by atoms with Gasteiger partial charge in [0, 0.05) is 29.6 Å². The Morgan fingerprint density at radius 1 is 1.18 bits per heavy atom. The van der Waals surface area contributed by atoms with Crippen molar-refractivity contribution in [2.24, 2.45) is 0 Å². The standard InChI is InChI=1S/C17H16N4S/c1-12-9-18-16-15(12)17(20-11-19-16)21-7-8-22-14(10-21)13-5-3-2-4-6-13/h2-6,9-11H,7-8H2,1H3,(H,18,19,20). The number of hydrogen-bond donors (Lipinski definition) is 1. The zero-order chi connectivity index (χ0) is 14.9. The summed E-state index contributed by atoms with van der Waals surface area (Å²) in [7, 11) is 0. The summed E-state index contributed by atoms with van der Waals surface area (Å²) in [6.07, 6.45) is 5.83. The maximum absolute atomic E-state index is 4.53. The summed E-state index contributed by atoms with van der Waals surface area (Å²) in [6, 6.07) is 10.5. The maximum atomic E-state index is 4.53. The first-order valence-electron chi connectivity index (χ1n) is 7.28. The highest BCUT2D eigenvalue weighted by molar-refractivity contribution is 8.08. The number of fused-ring (bicyclic) bond motifs is 1. The summed E-state index contributed by atoms with van der Waals surface area (Å²) >= 11 is 1.89. The van der Waals surface area contributed by atoms with Gasteiger partial charge in [-0.25, -0.2) is 9.97 Å². The SMILES string of the molecule is Cc1c[nH]c2ncnc(N3C=C(c4ccccc4)SCC3)c12. The van der Waals surface area contributed by atoms with E-state index in [1.54, 1.807) is 6.33 Å². The maximum Gasteiger partial charge on any atom is 0.145 e. The van der Waals surface area contributed by atoms with Gasteiger partial charge in [0.05, 0.1) is 5.39 Å². The largest absolute Gasteiger partial charge is 0.346 e. The van der Waals surface area contributed by atoms with Crippen molar-refractivity contribution in [1.29, 1.82) is 0 Å². The molecule has 4 rings (SSSR count). The lowest BCUT2D eigenvalue weighted by atomic mass is 10.2. The molecule has 0 unspecified atom stereocenters. The number of benzene rings is 1. The van der Waals surface area contributed by atoms with Crippen LogP contribution in [0.3, 0.4) is 0 Å². The van der Waals surface area contributed by atoms with Crippen molar-refractivity contribution in [2.45, 2.75) is 6.92 Å². The number of H-pyrrole nitrogens is 1. The monoisotopic (exact) mass is 308 g/mol. The van der Waals surface area contributed by atoms with E-state index in [9.17, 15) is 0 Å². The van der Waals surface area contributed by atoms with Gasteiger partial charge in [-0.05, 0) is 18.1 Å². The highest BCUT2D eigenvalue weighted by atomic mass is 32.2. The van der Waals surface area contributed by atoms with Gasteiger partial charge in [0.2, 0.25) is 0 Å². The van der Waals surface area contributed by atoms with Crippen LogP contribution in [0.2, 0.25) is 0 Å². The molecule has 110 valence electrons. The van der Waals surface area contributed by atoms with E-state index in [0.717, 1.165) is 29.1 Å². The van der Waals surface area contributed by atoms with E-state index >= 15 is 0 Å². The van der Waals surface area contributed by atoms with Crippen molar-refractivity contribution in [1.82, 2.24) is 15.0 Å². The molecule has 2 aromatic heterocycles. The Bertz CT molecular complexity index is 838. The predicted molar refractivity (Wildman–Crippen MR) is 92.8 cm³/mol. The molecule has 0 atom stereocenters. The topological polar surface area (TPSA) is 44.8 Å². The molecule has 0 amide bonds. The summed E-state index contributed by atoms with van der Waals surface area (Å²) in [5, 5.41) is 1.11. The predicted octanol–water partition coefficient (Wildman–Crippen LogP) is 3.82. The fraction of sp³-hybridized carbons (Fsp3) is 0.176. The molecule has 0 bridgehead atoms. The van der Waals surface area contributed by atoms with E-state index in [2.05, 4.69) is 57.2 Å². The van der Waals surface area contributed by atoms with Gasteiger partial charge in [-0.1, -0.05) is 30.3 Å². The fourth-order valence-corrected chi connectivity index (χ4v) is 3.75. The van der Waals surface area contributed by atoms with E-state index in [0.29, 0.717) is 0 Å². The van der Waals surface area contributed by atoms with Crippen molar-refractivity contribution >= 4 is 33.5 Å². The molecule has 0 radical (unpaired) electrons. The van der Waals surface area contributed by atoms with Gasteiger partial charge in [-0.2, -0.15) is 0 Å². The average molecular weight is 308 g/mol. The van der Waals surface area contributed by atoms with Crippen molar-refractivity contribution in [3.05, 3.63) is 60.2 Å². The molecule has 0 saturated heterocycles. The third kappa shape index (κ3) is 2.27.